The molecule has 0 fully saturated rings. The predicted molar refractivity (Wildman–Crippen MR) is 59.1 cm³/mol. The van der Waals surface area contributed by atoms with Gasteiger partial charge >= 0.3 is 0 Å². The number of nitrogens with two attached hydrogens (primary N) is 1. The van der Waals surface area contributed by atoms with Gasteiger partial charge in [-0.1, -0.05) is 23.7 Å². The van der Waals surface area contributed by atoms with Gasteiger partial charge in [-0.15, -0.1) is 0 Å². The minimum Gasteiger partial charge on any atom is -0.384 e. The third-order valence-electron chi connectivity index (χ3n) is 1.99. The van der Waals surface area contributed by atoms with Crippen molar-refractivity contribution in [2.75, 3.05) is 5.73 Å². The Balaban J connectivity index is 2.63. The molecule has 2 aromatic rings. The topological polar surface area (TPSA) is 38.9 Å². The van der Waals surface area contributed by atoms with Gasteiger partial charge in [-0.05, 0) is 24.3 Å². The lowest BCUT2D eigenvalue weighted by Crippen LogP contribution is -1.93. The fourth-order valence-electron chi connectivity index (χ4n) is 1.33. The van der Waals surface area contributed by atoms with E-state index in [1.54, 1.807) is 30.3 Å². The minimum atomic E-state index is -0.402. The molecule has 4 heteroatoms. The quantitative estimate of drug-likeness (QED) is 0.805. The number of hydrogen-bond acceptors (Lipinski definition) is 2. The average molecular weight is 223 g/mol. The zero-order valence-corrected chi connectivity index (χ0v) is 8.50. The third kappa shape index (κ3) is 1.92. The highest BCUT2D eigenvalue weighted by atomic mass is 35.5. The van der Waals surface area contributed by atoms with E-state index in [1.165, 1.54) is 6.07 Å². The number of hydrogen-bond donors (Lipinski definition) is 1. The first kappa shape index (κ1) is 9.93. The number of nitrogens with zero attached hydrogens (tertiary/aromatic N) is 1. The van der Waals surface area contributed by atoms with Crippen LogP contribution >= 0.6 is 11.6 Å². The number of aromatic nitrogens is 1. The van der Waals surface area contributed by atoms with Crippen LogP contribution in [-0.4, -0.2) is 4.98 Å². The van der Waals surface area contributed by atoms with Gasteiger partial charge in [0.15, 0.2) is 0 Å². The van der Waals surface area contributed by atoms with E-state index in [-0.39, 0.29) is 5.56 Å². The van der Waals surface area contributed by atoms with Crippen molar-refractivity contribution in [2.45, 2.75) is 0 Å². The summed E-state index contributed by atoms with van der Waals surface area (Å²) in [6.45, 7) is 0. The second-order valence-electron chi connectivity index (χ2n) is 3.04. The van der Waals surface area contributed by atoms with Crippen LogP contribution in [0.25, 0.3) is 11.3 Å². The molecule has 0 atom stereocenters. The van der Waals surface area contributed by atoms with E-state index < -0.39 is 5.82 Å². The molecule has 0 saturated carbocycles. The maximum Gasteiger partial charge on any atom is 0.134 e. The molecule has 2 nitrogen and oxygen atoms in total. The Labute approximate surface area is 91.5 Å². The molecule has 15 heavy (non-hydrogen) atoms. The Morgan fingerprint density at radius 2 is 1.87 bits per heavy atom. The van der Waals surface area contributed by atoms with Crippen LogP contribution in [0.4, 0.5) is 10.2 Å². The van der Waals surface area contributed by atoms with Gasteiger partial charge in [-0.3, -0.25) is 0 Å². The Morgan fingerprint density at radius 3 is 2.53 bits per heavy atom. The number of nitrogen functional groups attached to an aromatic ring is 1. The fraction of sp³-hybridized carbons (Fsp3) is 0. The van der Waals surface area contributed by atoms with Gasteiger partial charge in [0.2, 0.25) is 0 Å². The lowest BCUT2D eigenvalue weighted by molar-refractivity contribution is 0.631. The molecule has 0 spiro atoms. The van der Waals surface area contributed by atoms with Crippen molar-refractivity contribution in [2.24, 2.45) is 0 Å². The smallest absolute Gasteiger partial charge is 0.134 e. The lowest BCUT2D eigenvalue weighted by atomic mass is 10.1. The van der Waals surface area contributed by atoms with Crippen molar-refractivity contribution in [3.63, 3.8) is 0 Å². The highest BCUT2D eigenvalue weighted by molar-refractivity contribution is 6.33. The molecule has 2 N–H and O–H groups in total. The van der Waals surface area contributed by atoms with Crippen molar-refractivity contribution in [1.82, 2.24) is 4.98 Å². The molecular weight excluding hydrogens is 215 g/mol. The van der Waals surface area contributed by atoms with E-state index in [0.29, 0.717) is 16.5 Å². The molecule has 0 unspecified atom stereocenters. The van der Waals surface area contributed by atoms with Crippen LogP contribution in [-0.2, 0) is 0 Å². The second kappa shape index (κ2) is 3.87. The molecule has 1 heterocycles. The van der Waals surface area contributed by atoms with E-state index >= 15 is 0 Å². The van der Waals surface area contributed by atoms with Crippen LogP contribution in [0.3, 0.4) is 0 Å². The van der Waals surface area contributed by atoms with E-state index in [1.807, 2.05) is 0 Å². The molecule has 1 aromatic carbocycles. The molecule has 0 bridgehead atoms. The van der Waals surface area contributed by atoms with Crippen LogP contribution in [0.5, 0.6) is 0 Å². The molecule has 2 rings (SSSR count). The zero-order valence-electron chi connectivity index (χ0n) is 7.74. The first-order valence-electron chi connectivity index (χ1n) is 4.35. The van der Waals surface area contributed by atoms with Crippen molar-refractivity contribution < 1.29 is 4.39 Å². The van der Waals surface area contributed by atoms with Crippen LogP contribution in [0.1, 0.15) is 0 Å². The molecule has 1 aromatic heterocycles. The van der Waals surface area contributed by atoms with Gasteiger partial charge in [-0.25, -0.2) is 9.37 Å². The first-order valence-corrected chi connectivity index (χ1v) is 4.73. The summed E-state index contributed by atoms with van der Waals surface area (Å²) in [6.07, 6.45) is 0. The van der Waals surface area contributed by atoms with E-state index in [4.69, 9.17) is 17.3 Å². The van der Waals surface area contributed by atoms with Crippen LogP contribution in [0.15, 0.2) is 36.4 Å². The average Bonchev–Trinajstić information content (AvgIpc) is 2.17. The number of rotatable bonds is 1. The van der Waals surface area contributed by atoms with Gasteiger partial charge < -0.3 is 5.73 Å². The largest absolute Gasteiger partial charge is 0.384 e. The molecule has 0 radical (unpaired) electrons. The summed E-state index contributed by atoms with van der Waals surface area (Å²) in [6, 6.07) is 9.52. The van der Waals surface area contributed by atoms with Crippen molar-refractivity contribution in [1.29, 1.82) is 0 Å². The second-order valence-corrected chi connectivity index (χ2v) is 3.45. The SMILES string of the molecule is Nc1cccc(-c2c(F)cccc2Cl)n1. The van der Waals surface area contributed by atoms with E-state index in [9.17, 15) is 4.39 Å². The lowest BCUT2D eigenvalue weighted by Gasteiger charge is -2.05. The maximum absolute atomic E-state index is 13.5. The van der Waals surface area contributed by atoms with Crippen molar-refractivity contribution in [3.05, 3.63) is 47.2 Å². The Morgan fingerprint density at radius 1 is 1.13 bits per heavy atom. The molecule has 0 aliphatic rings. The Bertz CT molecular complexity index is 479. The normalized spacial score (nSPS) is 10.3. The highest BCUT2D eigenvalue weighted by Gasteiger charge is 2.10. The third-order valence-corrected chi connectivity index (χ3v) is 2.30. The summed E-state index contributed by atoms with van der Waals surface area (Å²) in [5.41, 5.74) is 6.25. The summed E-state index contributed by atoms with van der Waals surface area (Å²) < 4.78 is 13.5. The molecule has 0 aliphatic heterocycles. The Hall–Kier alpha value is -1.61. The Kier molecular flexibility index (Phi) is 2.56. The summed E-state index contributed by atoms with van der Waals surface area (Å²) in [7, 11) is 0. The summed E-state index contributed by atoms with van der Waals surface area (Å²) in [5, 5.41) is 0.327. The monoisotopic (exact) mass is 222 g/mol. The minimum absolute atomic E-state index is 0.284. The van der Waals surface area contributed by atoms with Gasteiger partial charge in [0, 0.05) is 0 Å². The number of halogens is 2. The summed E-state index contributed by atoms with van der Waals surface area (Å²) in [4.78, 5) is 4.02. The molecule has 0 amide bonds. The number of anilines is 1. The zero-order chi connectivity index (χ0) is 10.8. The summed E-state index contributed by atoms with van der Waals surface area (Å²) >= 11 is 5.90. The highest BCUT2D eigenvalue weighted by Crippen LogP contribution is 2.29. The maximum atomic E-state index is 13.5. The van der Waals surface area contributed by atoms with E-state index in [2.05, 4.69) is 4.98 Å². The molecule has 0 aliphatic carbocycles. The van der Waals surface area contributed by atoms with Gasteiger partial charge in [0.05, 0.1) is 16.3 Å². The van der Waals surface area contributed by atoms with Crippen LogP contribution < -0.4 is 5.73 Å². The standard InChI is InChI=1S/C11H8ClFN2/c12-7-3-1-4-8(13)11(7)9-5-2-6-10(14)15-9/h1-6H,(H2,14,15). The fourth-order valence-corrected chi connectivity index (χ4v) is 1.59. The molecular formula is C11H8ClFN2. The van der Waals surface area contributed by atoms with Crippen LogP contribution in [0.2, 0.25) is 5.02 Å². The van der Waals surface area contributed by atoms with Crippen LogP contribution in [0, 0.1) is 5.82 Å². The summed E-state index contributed by atoms with van der Waals surface area (Å²) in [5.74, 6) is -0.0626. The van der Waals surface area contributed by atoms with Gasteiger partial charge in [0.1, 0.15) is 11.6 Å². The van der Waals surface area contributed by atoms with Crippen molar-refractivity contribution >= 4 is 17.4 Å². The van der Waals surface area contributed by atoms with Gasteiger partial charge in [0.25, 0.3) is 0 Å². The number of pyridine rings is 1. The first-order chi connectivity index (χ1) is 7.18. The number of benzene rings is 1. The van der Waals surface area contributed by atoms with Crippen molar-refractivity contribution in [3.8, 4) is 11.3 Å². The van der Waals surface area contributed by atoms with Gasteiger partial charge in [-0.2, -0.15) is 0 Å². The molecule has 76 valence electrons. The van der Waals surface area contributed by atoms with E-state index in [0.717, 1.165) is 0 Å². The predicted octanol–water partition coefficient (Wildman–Crippen LogP) is 3.12. The molecule has 0 saturated heterocycles.